The Bertz CT molecular complexity index is 662. The summed E-state index contributed by atoms with van der Waals surface area (Å²) in [4.78, 5) is 7.28. The zero-order chi connectivity index (χ0) is 22.6. The van der Waals surface area contributed by atoms with Crippen LogP contribution in [0.25, 0.3) is 0 Å². The van der Waals surface area contributed by atoms with Crippen LogP contribution in [-0.2, 0) is 4.74 Å². The largest absolute Gasteiger partial charge is 0.389 e. The Balaban J connectivity index is 0.00000385. The van der Waals surface area contributed by atoms with Gasteiger partial charge in [-0.15, -0.1) is 24.0 Å². The van der Waals surface area contributed by atoms with Gasteiger partial charge in [0, 0.05) is 32.2 Å². The molecular formula is C26H45IN4O2. The molecule has 1 heterocycles. The lowest BCUT2D eigenvalue weighted by Gasteiger charge is -2.36. The molecule has 1 aliphatic heterocycles. The third-order valence-corrected chi connectivity index (χ3v) is 6.78. The van der Waals surface area contributed by atoms with Crippen molar-refractivity contribution in [3.05, 3.63) is 35.9 Å². The number of ether oxygens (including phenoxy) is 1. The molecule has 0 bridgehead atoms. The molecule has 188 valence electrons. The number of aliphatic imine (C=N–C) groups is 1. The highest BCUT2D eigenvalue weighted by molar-refractivity contribution is 14.0. The third kappa shape index (κ3) is 10.5. The molecular weight excluding hydrogens is 527 g/mol. The van der Waals surface area contributed by atoms with Crippen LogP contribution in [0.2, 0.25) is 0 Å². The first-order valence-corrected chi connectivity index (χ1v) is 12.8. The number of nitrogens with zero attached hydrogens (tertiary/aromatic N) is 2. The molecule has 1 aliphatic carbocycles. The molecule has 0 radical (unpaired) electrons. The molecule has 0 amide bonds. The van der Waals surface area contributed by atoms with Gasteiger partial charge < -0.3 is 25.4 Å². The number of piperidine rings is 1. The number of rotatable bonds is 10. The molecule has 7 heteroatoms. The van der Waals surface area contributed by atoms with Gasteiger partial charge in [-0.3, -0.25) is 4.99 Å². The van der Waals surface area contributed by atoms with E-state index in [1.807, 2.05) is 37.3 Å². The van der Waals surface area contributed by atoms with Crippen molar-refractivity contribution in [1.82, 2.24) is 15.5 Å². The van der Waals surface area contributed by atoms with E-state index in [2.05, 4.69) is 27.4 Å². The number of aliphatic hydroxyl groups is 1. The fraction of sp³-hybridized carbons (Fsp3) is 0.731. The summed E-state index contributed by atoms with van der Waals surface area (Å²) in [6.45, 7) is 9.12. The van der Waals surface area contributed by atoms with E-state index >= 15 is 0 Å². The van der Waals surface area contributed by atoms with Gasteiger partial charge in [0.15, 0.2) is 5.96 Å². The van der Waals surface area contributed by atoms with Crippen molar-refractivity contribution in [2.75, 3.05) is 39.3 Å². The average Bonchev–Trinajstić information content (AvgIpc) is 2.83. The number of halogens is 1. The van der Waals surface area contributed by atoms with Crippen molar-refractivity contribution in [2.45, 2.75) is 77.0 Å². The van der Waals surface area contributed by atoms with Crippen molar-refractivity contribution in [3.8, 4) is 0 Å². The molecule has 2 unspecified atom stereocenters. The standard InChI is InChI=1S/C26H44N4O2.HI/c1-3-27-26(28-18-25(31)20-32-21(2)23-12-8-5-9-13-23)29-24-14-16-30(17-15-24)19-22-10-6-4-7-11-22;/h5,8-9,12-13,21-22,24-25,31H,3-4,6-7,10-11,14-20H2,1-2H3,(H2,27,28,29);1H. The van der Waals surface area contributed by atoms with E-state index < -0.39 is 6.10 Å². The van der Waals surface area contributed by atoms with Crippen LogP contribution >= 0.6 is 24.0 Å². The maximum atomic E-state index is 10.4. The highest BCUT2D eigenvalue weighted by Crippen LogP contribution is 2.25. The predicted octanol–water partition coefficient (Wildman–Crippen LogP) is 4.34. The molecule has 2 atom stereocenters. The fourth-order valence-corrected chi connectivity index (χ4v) is 4.83. The Hall–Kier alpha value is -0.900. The van der Waals surface area contributed by atoms with Crippen molar-refractivity contribution in [2.24, 2.45) is 10.9 Å². The molecule has 2 fully saturated rings. The number of guanidine groups is 1. The first kappa shape index (κ1) is 28.3. The summed E-state index contributed by atoms with van der Waals surface area (Å²) in [5.74, 6) is 1.72. The van der Waals surface area contributed by atoms with E-state index in [9.17, 15) is 5.11 Å². The maximum Gasteiger partial charge on any atom is 0.191 e. The number of nitrogens with one attached hydrogen (secondary N) is 2. The Morgan fingerprint density at radius 2 is 1.82 bits per heavy atom. The molecule has 1 saturated carbocycles. The van der Waals surface area contributed by atoms with Gasteiger partial charge in [0.2, 0.25) is 0 Å². The van der Waals surface area contributed by atoms with E-state index in [0.717, 1.165) is 36.8 Å². The first-order valence-electron chi connectivity index (χ1n) is 12.8. The molecule has 2 aliphatic rings. The van der Waals surface area contributed by atoms with Crippen molar-refractivity contribution >= 4 is 29.9 Å². The molecule has 1 saturated heterocycles. The lowest BCUT2D eigenvalue weighted by molar-refractivity contribution is 0.00111. The normalized spacial score (nSPS) is 20.6. The van der Waals surface area contributed by atoms with Crippen LogP contribution in [0.3, 0.4) is 0 Å². The van der Waals surface area contributed by atoms with Crippen LogP contribution in [0.15, 0.2) is 35.3 Å². The van der Waals surface area contributed by atoms with E-state index in [-0.39, 0.29) is 36.7 Å². The van der Waals surface area contributed by atoms with Crippen LogP contribution in [-0.4, -0.2) is 67.4 Å². The minimum Gasteiger partial charge on any atom is -0.389 e. The Kier molecular flexibility index (Phi) is 13.7. The van der Waals surface area contributed by atoms with Crippen LogP contribution in [0.1, 0.15) is 70.5 Å². The second-order valence-corrected chi connectivity index (χ2v) is 9.48. The molecule has 6 nitrogen and oxygen atoms in total. The van der Waals surface area contributed by atoms with Crippen LogP contribution < -0.4 is 10.6 Å². The van der Waals surface area contributed by atoms with Crippen molar-refractivity contribution in [1.29, 1.82) is 0 Å². The minimum atomic E-state index is -0.617. The van der Waals surface area contributed by atoms with E-state index in [0.29, 0.717) is 12.6 Å². The number of aliphatic hydroxyl groups excluding tert-OH is 1. The zero-order valence-electron chi connectivity index (χ0n) is 20.5. The molecule has 1 aromatic carbocycles. The maximum absolute atomic E-state index is 10.4. The number of benzene rings is 1. The highest BCUT2D eigenvalue weighted by Gasteiger charge is 2.23. The van der Waals surface area contributed by atoms with Crippen molar-refractivity contribution in [3.63, 3.8) is 0 Å². The second kappa shape index (κ2) is 15.9. The predicted molar refractivity (Wildman–Crippen MR) is 147 cm³/mol. The van der Waals surface area contributed by atoms with E-state index in [4.69, 9.17) is 4.74 Å². The van der Waals surface area contributed by atoms with E-state index in [1.54, 1.807) is 0 Å². The topological polar surface area (TPSA) is 69.1 Å². The van der Waals surface area contributed by atoms with E-state index in [1.165, 1.54) is 51.7 Å². The summed E-state index contributed by atoms with van der Waals surface area (Å²) in [6.07, 6.45) is 8.77. The number of hydrogen-bond donors (Lipinski definition) is 3. The third-order valence-electron chi connectivity index (χ3n) is 6.78. The molecule has 1 aromatic rings. The van der Waals surface area contributed by atoms with Gasteiger partial charge >= 0.3 is 0 Å². The molecule has 3 N–H and O–H groups in total. The smallest absolute Gasteiger partial charge is 0.191 e. The zero-order valence-corrected chi connectivity index (χ0v) is 22.9. The van der Waals surface area contributed by atoms with Gasteiger partial charge in [-0.2, -0.15) is 0 Å². The Morgan fingerprint density at radius 3 is 2.48 bits per heavy atom. The first-order chi connectivity index (χ1) is 15.6. The van der Waals surface area contributed by atoms with Crippen LogP contribution in [0.5, 0.6) is 0 Å². The summed E-state index contributed by atoms with van der Waals surface area (Å²) in [5, 5.41) is 17.3. The van der Waals surface area contributed by atoms with Gasteiger partial charge in [0.05, 0.1) is 25.4 Å². The lowest BCUT2D eigenvalue weighted by atomic mass is 9.88. The molecule has 0 aromatic heterocycles. The van der Waals surface area contributed by atoms with Gasteiger partial charge in [-0.25, -0.2) is 0 Å². The van der Waals surface area contributed by atoms with Gasteiger partial charge in [0.25, 0.3) is 0 Å². The minimum absolute atomic E-state index is 0. The summed E-state index contributed by atoms with van der Waals surface area (Å²) in [5.41, 5.74) is 1.12. The summed E-state index contributed by atoms with van der Waals surface area (Å²) < 4.78 is 5.84. The summed E-state index contributed by atoms with van der Waals surface area (Å²) in [7, 11) is 0. The highest BCUT2D eigenvalue weighted by atomic mass is 127. The summed E-state index contributed by atoms with van der Waals surface area (Å²) >= 11 is 0. The van der Waals surface area contributed by atoms with Crippen molar-refractivity contribution < 1.29 is 9.84 Å². The van der Waals surface area contributed by atoms with Crippen LogP contribution in [0, 0.1) is 5.92 Å². The number of hydrogen-bond acceptors (Lipinski definition) is 4. The molecule has 0 spiro atoms. The lowest BCUT2D eigenvalue weighted by Crippen LogP contribution is -2.49. The van der Waals surface area contributed by atoms with Gasteiger partial charge in [-0.1, -0.05) is 49.6 Å². The second-order valence-electron chi connectivity index (χ2n) is 9.48. The quantitative estimate of drug-likeness (QED) is 0.221. The Labute approximate surface area is 218 Å². The average molecular weight is 573 g/mol. The fourth-order valence-electron chi connectivity index (χ4n) is 4.83. The number of likely N-dealkylation sites (tertiary alicyclic amines) is 1. The van der Waals surface area contributed by atoms with Crippen LogP contribution in [0.4, 0.5) is 0 Å². The van der Waals surface area contributed by atoms with Gasteiger partial charge in [-0.05, 0) is 51.0 Å². The Morgan fingerprint density at radius 1 is 1.12 bits per heavy atom. The van der Waals surface area contributed by atoms with Gasteiger partial charge in [0.1, 0.15) is 0 Å². The molecule has 3 rings (SSSR count). The monoisotopic (exact) mass is 572 g/mol. The summed E-state index contributed by atoms with van der Waals surface area (Å²) in [6, 6.07) is 10.5. The SMILES string of the molecule is CCNC(=NCC(O)COC(C)c1ccccc1)NC1CCN(CC2CCCCC2)CC1.I. The molecule has 33 heavy (non-hydrogen) atoms.